The predicted octanol–water partition coefficient (Wildman–Crippen LogP) is -1.19. The Morgan fingerprint density at radius 1 is 1.15 bits per heavy atom. The number of para-hydroxylation sites is 1. The van der Waals surface area contributed by atoms with Crippen LogP contribution in [-0.4, -0.2) is 59.8 Å². The van der Waals surface area contributed by atoms with Crippen molar-refractivity contribution in [2.45, 2.75) is 4.90 Å². The van der Waals surface area contributed by atoms with Crippen molar-refractivity contribution in [1.29, 1.82) is 0 Å². The molecule has 0 amide bonds. The van der Waals surface area contributed by atoms with Crippen LogP contribution in [0.3, 0.4) is 0 Å². The summed E-state index contributed by atoms with van der Waals surface area (Å²) in [6.07, 6.45) is 0. The molecule has 5 N–H and O–H groups in total. The van der Waals surface area contributed by atoms with Gasteiger partial charge in [-0.15, -0.1) is 4.40 Å². The average Bonchev–Trinajstić information content (AvgIpc) is 2.69. The first-order valence-electron chi connectivity index (χ1n) is 6.52. The van der Waals surface area contributed by atoms with Crippen molar-refractivity contribution < 1.29 is 35.5 Å². The van der Waals surface area contributed by atoms with E-state index in [1.165, 1.54) is 20.2 Å². The van der Waals surface area contributed by atoms with Crippen LogP contribution in [0, 0.1) is 0 Å². The monoisotopic (exact) mass is 426 g/mol. The highest BCUT2D eigenvalue weighted by molar-refractivity contribution is 8.13. The molecule has 0 bridgehead atoms. The van der Waals surface area contributed by atoms with Crippen molar-refractivity contribution in [3.8, 4) is 5.75 Å². The Kier molecular flexibility index (Phi) is 4.80. The van der Waals surface area contributed by atoms with Crippen LogP contribution >= 0.6 is 0 Å². The second-order valence-corrected chi connectivity index (χ2v) is 10.6. The SMILES string of the molecule is CN(C)S(=O)(=O)c1cccc(NC2=C(S(N)(=O)=O)S(=O)(=O)N=C2O)c1O. The molecule has 1 aliphatic heterocycles. The quantitative estimate of drug-likeness (QED) is 0.418. The maximum absolute atomic E-state index is 12.2. The van der Waals surface area contributed by atoms with Gasteiger partial charge in [0, 0.05) is 14.1 Å². The Morgan fingerprint density at radius 2 is 1.73 bits per heavy atom. The molecule has 1 aromatic rings. The van der Waals surface area contributed by atoms with Gasteiger partial charge in [-0.3, -0.25) is 0 Å². The van der Waals surface area contributed by atoms with Gasteiger partial charge in [0.05, 0.1) is 5.69 Å². The third-order valence-corrected chi connectivity index (χ3v) is 8.13. The van der Waals surface area contributed by atoms with Crippen molar-refractivity contribution >= 4 is 41.7 Å². The van der Waals surface area contributed by atoms with Crippen molar-refractivity contribution in [3.63, 3.8) is 0 Å². The summed E-state index contributed by atoms with van der Waals surface area (Å²) < 4.78 is 73.2. The van der Waals surface area contributed by atoms with Crippen LogP contribution in [0.25, 0.3) is 0 Å². The van der Waals surface area contributed by atoms with Crippen molar-refractivity contribution in [3.05, 3.63) is 28.1 Å². The molecule has 0 aromatic heterocycles. The molecule has 0 aliphatic carbocycles. The highest BCUT2D eigenvalue weighted by Crippen LogP contribution is 2.35. The van der Waals surface area contributed by atoms with Gasteiger partial charge in [-0.2, -0.15) is 8.42 Å². The lowest BCUT2D eigenvalue weighted by molar-refractivity contribution is 0.454. The summed E-state index contributed by atoms with van der Waals surface area (Å²) in [5.41, 5.74) is -1.31. The summed E-state index contributed by atoms with van der Waals surface area (Å²) in [6, 6.07) is 3.40. The van der Waals surface area contributed by atoms with E-state index in [9.17, 15) is 35.5 Å². The van der Waals surface area contributed by atoms with Gasteiger partial charge >= 0.3 is 0 Å². The number of primary sulfonamides is 1. The number of aliphatic hydroxyl groups excluding tert-OH is 1. The Hall–Kier alpha value is -2.20. The van der Waals surface area contributed by atoms with Crippen LogP contribution in [0.5, 0.6) is 5.75 Å². The zero-order valence-electron chi connectivity index (χ0n) is 13.3. The highest BCUT2D eigenvalue weighted by atomic mass is 32.3. The smallest absolute Gasteiger partial charge is 0.300 e. The fourth-order valence-electron chi connectivity index (χ4n) is 1.98. The van der Waals surface area contributed by atoms with E-state index in [0.717, 1.165) is 16.4 Å². The normalized spacial score (nSPS) is 17.5. The second kappa shape index (κ2) is 6.20. The molecule has 1 aliphatic rings. The summed E-state index contributed by atoms with van der Waals surface area (Å²) in [5, 5.41) is 26.8. The molecule has 0 atom stereocenters. The van der Waals surface area contributed by atoms with Crippen LogP contribution in [0.15, 0.2) is 37.4 Å². The van der Waals surface area contributed by atoms with E-state index in [0.29, 0.717) is 0 Å². The van der Waals surface area contributed by atoms with Gasteiger partial charge in [0.2, 0.25) is 20.2 Å². The minimum absolute atomic E-state index is 0.400. The summed E-state index contributed by atoms with van der Waals surface area (Å²) in [6.45, 7) is 0. The second-order valence-electron chi connectivity index (χ2n) is 5.16. The molecule has 0 fully saturated rings. The third-order valence-electron chi connectivity index (χ3n) is 3.14. The van der Waals surface area contributed by atoms with Crippen LogP contribution in [0.4, 0.5) is 5.69 Å². The number of rotatable bonds is 5. The summed E-state index contributed by atoms with van der Waals surface area (Å²) in [5.74, 6) is -2.05. The average molecular weight is 426 g/mol. The Bertz CT molecular complexity index is 1150. The van der Waals surface area contributed by atoms with E-state index in [1.54, 1.807) is 0 Å². The lowest BCUT2D eigenvalue weighted by atomic mass is 10.3. The topological polar surface area (TPSA) is 197 Å². The van der Waals surface area contributed by atoms with Gasteiger partial charge in [-0.25, -0.2) is 26.3 Å². The van der Waals surface area contributed by atoms with Gasteiger partial charge in [0.1, 0.15) is 10.6 Å². The Morgan fingerprint density at radius 3 is 2.23 bits per heavy atom. The lowest BCUT2D eigenvalue weighted by Crippen LogP contribution is -2.23. The van der Waals surface area contributed by atoms with Crippen LogP contribution < -0.4 is 10.5 Å². The molecule has 0 unspecified atom stereocenters. The number of nitrogens with zero attached hydrogens (tertiary/aromatic N) is 2. The maximum Gasteiger partial charge on any atom is 0.300 e. The minimum Gasteiger partial charge on any atom is -0.504 e. The first kappa shape index (κ1) is 20.1. The third kappa shape index (κ3) is 3.38. The highest BCUT2D eigenvalue weighted by Gasteiger charge is 2.40. The van der Waals surface area contributed by atoms with Crippen molar-refractivity contribution in [2.24, 2.45) is 9.54 Å². The summed E-state index contributed by atoms with van der Waals surface area (Å²) in [7, 11) is -11.3. The predicted molar refractivity (Wildman–Crippen MR) is 91.7 cm³/mol. The number of phenolic OH excluding ortho intramolecular Hbond substituents is 1. The first-order valence-corrected chi connectivity index (χ1v) is 10.9. The van der Waals surface area contributed by atoms with E-state index in [1.807, 2.05) is 0 Å². The number of nitrogens with two attached hydrogens (primary N) is 1. The molecule has 1 aromatic carbocycles. The molecule has 0 saturated carbocycles. The largest absolute Gasteiger partial charge is 0.504 e. The maximum atomic E-state index is 12.2. The van der Waals surface area contributed by atoms with Crippen molar-refractivity contribution in [1.82, 2.24) is 4.31 Å². The molecule has 0 spiro atoms. The zero-order valence-corrected chi connectivity index (χ0v) is 15.7. The molecule has 144 valence electrons. The number of hydrogen-bond acceptors (Lipinski definition) is 8. The number of aromatic hydroxyl groups is 1. The number of anilines is 1. The molecule has 12 nitrogen and oxygen atoms in total. The minimum atomic E-state index is -4.83. The van der Waals surface area contributed by atoms with Crippen LogP contribution in [-0.2, 0) is 30.1 Å². The van der Waals surface area contributed by atoms with Crippen molar-refractivity contribution in [2.75, 3.05) is 19.4 Å². The number of nitrogens with one attached hydrogen (secondary N) is 1. The van der Waals surface area contributed by atoms with E-state index in [-0.39, 0.29) is 0 Å². The number of aliphatic hydroxyl groups is 1. The number of sulfonamides is 3. The fraction of sp³-hybridized carbons (Fsp3) is 0.182. The Balaban J connectivity index is 2.68. The molecule has 15 heteroatoms. The number of benzene rings is 1. The number of hydrogen-bond donors (Lipinski definition) is 4. The van der Waals surface area contributed by atoms with E-state index < -0.39 is 62.2 Å². The van der Waals surface area contributed by atoms with Gasteiger partial charge in [0.25, 0.3) is 20.0 Å². The van der Waals surface area contributed by atoms with Gasteiger partial charge in [-0.05, 0) is 12.1 Å². The van der Waals surface area contributed by atoms with E-state index >= 15 is 0 Å². The Labute approximate surface area is 149 Å². The van der Waals surface area contributed by atoms with Crippen LogP contribution in [0.2, 0.25) is 0 Å². The molecular weight excluding hydrogens is 412 g/mol. The van der Waals surface area contributed by atoms with E-state index in [2.05, 4.69) is 9.71 Å². The molecule has 2 rings (SSSR count). The molecule has 0 radical (unpaired) electrons. The molecule has 1 heterocycles. The molecular formula is C11H14N4O8S3. The summed E-state index contributed by atoms with van der Waals surface area (Å²) >= 11 is 0. The standard InChI is InChI=1S/C11H14N4O8S3/c1-15(2)26(22,23)7-5-3-4-6(9(7)16)13-8-10(17)14-25(20,21)11(8)24(12,18)19/h3-5,13,16H,1-2H3,(H,14,17)(H2,12,18,19). The van der Waals surface area contributed by atoms with Gasteiger partial charge in [-0.1, -0.05) is 6.07 Å². The van der Waals surface area contributed by atoms with Gasteiger partial charge in [0.15, 0.2) is 5.75 Å². The molecule has 0 saturated heterocycles. The first-order chi connectivity index (χ1) is 11.7. The zero-order chi connectivity index (χ0) is 20.1. The van der Waals surface area contributed by atoms with E-state index in [4.69, 9.17) is 5.14 Å². The fourth-order valence-corrected chi connectivity index (χ4v) is 5.49. The molecule has 26 heavy (non-hydrogen) atoms. The number of phenols is 1. The van der Waals surface area contributed by atoms with Gasteiger partial charge < -0.3 is 15.5 Å². The lowest BCUT2D eigenvalue weighted by Gasteiger charge is -2.15. The van der Waals surface area contributed by atoms with Crippen LogP contribution in [0.1, 0.15) is 0 Å². The summed E-state index contributed by atoms with van der Waals surface area (Å²) in [4.78, 5) is -0.539.